The van der Waals surface area contributed by atoms with Crippen LogP contribution in [0.1, 0.15) is 49.4 Å². The monoisotopic (exact) mass is 401 g/mol. The van der Waals surface area contributed by atoms with Crippen LogP contribution in [0.4, 0.5) is 5.69 Å². The van der Waals surface area contributed by atoms with E-state index in [0.29, 0.717) is 43.8 Å². The average Bonchev–Trinajstić information content (AvgIpc) is 3.02. The zero-order valence-electron chi connectivity index (χ0n) is 16.6. The number of esters is 1. The van der Waals surface area contributed by atoms with Gasteiger partial charge in [0, 0.05) is 5.92 Å². The molecule has 3 rings (SSSR count). The highest BCUT2D eigenvalue weighted by Crippen LogP contribution is 2.28. The number of carbonyl (C=O) groups excluding carboxylic acids is 4. The van der Waals surface area contributed by atoms with Crippen LogP contribution < -0.4 is 10.6 Å². The number of hydrogen-bond donors (Lipinski definition) is 1. The standard InChI is InChI=1S/C21H27N3O5/c1-2-3-12-29-21(28)15-4-6-16(7-5-15)24-18(25)13-17(20(24)27)23-10-8-14(9-11-23)19(22)26/h4-7,14,17H,2-3,8-13H2,1H3,(H2,22,26)/t17-/m1/s1. The van der Waals surface area contributed by atoms with Gasteiger partial charge in [-0.05, 0) is 56.6 Å². The molecule has 8 heteroatoms. The summed E-state index contributed by atoms with van der Waals surface area (Å²) >= 11 is 0. The highest BCUT2D eigenvalue weighted by Gasteiger charge is 2.43. The van der Waals surface area contributed by atoms with Crippen molar-refractivity contribution in [1.82, 2.24) is 4.90 Å². The van der Waals surface area contributed by atoms with Gasteiger partial charge in [-0.15, -0.1) is 0 Å². The molecule has 8 nitrogen and oxygen atoms in total. The van der Waals surface area contributed by atoms with Crippen LogP contribution in [0.5, 0.6) is 0 Å². The van der Waals surface area contributed by atoms with Gasteiger partial charge in [-0.1, -0.05) is 13.3 Å². The van der Waals surface area contributed by atoms with Crippen LogP contribution in [0.15, 0.2) is 24.3 Å². The van der Waals surface area contributed by atoms with Crippen molar-refractivity contribution in [3.05, 3.63) is 29.8 Å². The minimum atomic E-state index is -0.519. The number of nitrogens with zero attached hydrogens (tertiary/aromatic N) is 2. The third kappa shape index (κ3) is 4.64. The van der Waals surface area contributed by atoms with Crippen molar-refractivity contribution in [3.63, 3.8) is 0 Å². The fourth-order valence-corrected chi connectivity index (χ4v) is 3.81. The summed E-state index contributed by atoms with van der Waals surface area (Å²) in [5.41, 5.74) is 6.19. The maximum atomic E-state index is 12.9. The number of rotatable bonds is 7. The molecule has 0 spiro atoms. The Hall–Kier alpha value is -2.74. The van der Waals surface area contributed by atoms with E-state index >= 15 is 0 Å². The lowest BCUT2D eigenvalue weighted by Crippen LogP contribution is -2.47. The molecule has 2 aliphatic heterocycles. The summed E-state index contributed by atoms with van der Waals surface area (Å²) in [5.74, 6) is -1.44. The summed E-state index contributed by atoms with van der Waals surface area (Å²) in [6.45, 7) is 3.51. The minimum Gasteiger partial charge on any atom is -0.462 e. The summed E-state index contributed by atoms with van der Waals surface area (Å²) < 4.78 is 5.17. The van der Waals surface area contributed by atoms with Crippen LogP contribution in [0.2, 0.25) is 0 Å². The van der Waals surface area contributed by atoms with Gasteiger partial charge in [-0.25, -0.2) is 9.69 Å². The minimum absolute atomic E-state index is 0.112. The second kappa shape index (κ2) is 9.17. The van der Waals surface area contributed by atoms with E-state index in [1.54, 1.807) is 24.3 Å². The molecule has 0 aliphatic carbocycles. The smallest absolute Gasteiger partial charge is 0.338 e. The predicted octanol–water partition coefficient (Wildman–Crippen LogP) is 1.47. The van der Waals surface area contributed by atoms with Crippen LogP contribution in [0.25, 0.3) is 0 Å². The Kier molecular flexibility index (Phi) is 6.64. The van der Waals surface area contributed by atoms with Crippen LogP contribution in [0.3, 0.4) is 0 Å². The summed E-state index contributed by atoms with van der Waals surface area (Å²) in [7, 11) is 0. The molecule has 0 saturated carbocycles. The summed E-state index contributed by atoms with van der Waals surface area (Å²) in [4.78, 5) is 51.9. The van der Waals surface area contributed by atoms with E-state index in [4.69, 9.17) is 10.5 Å². The highest BCUT2D eigenvalue weighted by atomic mass is 16.5. The number of amides is 3. The lowest BCUT2D eigenvalue weighted by atomic mass is 9.95. The van der Waals surface area contributed by atoms with E-state index in [9.17, 15) is 19.2 Å². The molecule has 1 aromatic rings. The molecular formula is C21H27N3O5. The van der Waals surface area contributed by atoms with Crippen molar-refractivity contribution in [2.75, 3.05) is 24.6 Å². The number of carbonyl (C=O) groups is 4. The van der Waals surface area contributed by atoms with E-state index in [0.717, 1.165) is 12.8 Å². The number of anilines is 1. The summed E-state index contributed by atoms with van der Waals surface area (Å²) in [5, 5.41) is 0. The maximum absolute atomic E-state index is 12.9. The van der Waals surface area contributed by atoms with Crippen LogP contribution in [-0.4, -0.2) is 54.3 Å². The molecule has 1 atom stereocenters. The molecule has 156 valence electrons. The Morgan fingerprint density at radius 2 is 1.79 bits per heavy atom. The molecule has 2 heterocycles. The topological polar surface area (TPSA) is 110 Å². The highest BCUT2D eigenvalue weighted by molar-refractivity contribution is 6.22. The van der Waals surface area contributed by atoms with Crippen molar-refractivity contribution < 1.29 is 23.9 Å². The van der Waals surface area contributed by atoms with Gasteiger partial charge in [-0.3, -0.25) is 19.3 Å². The second-order valence-corrected chi connectivity index (χ2v) is 7.54. The second-order valence-electron chi connectivity index (χ2n) is 7.54. The van der Waals surface area contributed by atoms with Crippen molar-refractivity contribution in [1.29, 1.82) is 0 Å². The quantitative estimate of drug-likeness (QED) is 0.421. The maximum Gasteiger partial charge on any atom is 0.338 e. The number of nitrogens with two attached hydrogens (primary N) is 1. The largest absolute Gasteiger partial charge is 0.462 e. The van der Waals surface area contributed by atoms with Gasteiger partial charge in [0.2, 0.25) is 11.8 Å². The van der Waals surface area contributed by atoms with E-state index in [1.165, 1.54) is 4.90 Å². The van der Waals surface area contributed by atoms with E-state index in [2.05, 4.69) is 0 Å². The Bertz CT molecular complexity index is 784. The number of hydrogen-bond acceptors (Lipinski definition) is 6. The molecule has 2 N–H and O–H groups in total. The van der Waals surface area contributed by atoms with Crippen molar-refractivity contribution in [2.24, 2.45) is 11.7 Å². The fraction of sp³-hybridized carbons (Fsp3) is 0.524. The number of likely N-dealkylation sites (tertiary alicyclic amines) is 1. The average molecular weight is 401 g/mol. The number of piperidine rings is 1. The number of benzene rings is 1. The molecule has 1 aromatic carbocycles. The molecule has 29 heavy (non-hydrogen) atoms. The van der Waals surface area contributed by atoms with E-state index in [-0.39, 0.29) is 30.1 Å². The Labute approximate surface area is 170 Å². The fourth-order valence-electron chi connectivity index (χ4n) is 3.81. The first kappa shape index (κ1) is 21.0. The number of imide groups is 1. The van der Waals surface area contributed by atoms with Crippen molar-refractivity contribution in [3.8, 4) is 0 Å². The molecule has 2 saturated heterocycles. The van der Waals surface area contributed by atoms with Crippen LogP contribution in [0, 0.1) is 5.92 Å². The number of ether oxygens (including phenoxy) is 1. The molecule has 0 aromatic heterocycles. The van der Waals surface area contributed by atoms with Crippen LogP contribution in [-0.2, 0) is 19.1 Å². The molecule has 2 fully saturated rings. The van der Waals surface area contributed by atoms with Gasteiger partial charge >= 0.3 is 5.97 Å². The number of unbranched alkanes of at least 4 members (excludes halogenated alkanes) is 1. The van der Waals surface area contributed by atoms with Gasteiger partial charge in [0.15, 0.2) is 0 Å². The predicted molar refractivity (Wildman–Crippen MR) is 106 cm³/mol. The van der Waals surface area contributed by atoms with Gasteiger partial charge in [-0.2, -0.15) is 0 Å². The molecular weight excluding hydrogens is 374 g/mol. The number of primary amides is 1. The first-order valence-corrected chi connectivity index (χ1v) is 10.1. The van der Waals surface area contributed by atoms with Crippen molar-refractivity contribution >= 4 is 29.4 Å². The Balaban J connectivity index is 1.64. The third-order valence-corrected chi connectivity index (χ3v) is 5.59. The summed E-state index contributed by atoms with van der Waals surface area (Å²) in [6.07, 6.45) is 3.05. The normalized spacial score (nSPS) is 20.9. The zero-order valence-corrected chi connectivity index (χ0v) is 16.6. The lowest BCUT2D eigenvalue weighted by Gasteiger charge is -2.33. The first-order chi connectivity index (χ1) is 13.9. The van der Waals surface area contributed by atoms with Crippen molar-refractivity contribution in [2.45, 2.75) is 45.1 Å². The molecule has 0 unspecified atom stereocenters. The van der Waals surface area contributed by atoms with E-state index < -0.39 is 12.0 Å². The summed E-state index contributed by atoms with van der Waals surface area (Å²) in [6, 6.07) is 5.79. The van der Waals surface area contributed by atoms with Gasteiger partial charge in [0.1, 0.15) is 0 Å². The Morgan fingerprint density at radius 1 is 1.14 bits per heavy atom. The van der Waals surface area contributed by atoms with Gasteiger partial charge in [0.05, 0.1) is 30.3 Å². The SMILES string of the molecule is CCCCOC(=O)c1ccc(N2C(=O)C[C@@H](N3CCC(C(N)=O)CC3)C2=O)cc1. The molecule has 2 aliphatic rings. The molecule has 3 amide bonds. The van der Waals surface area contributed by atoms with Gasteiger partial charge in [0.25, 0.3) is 5.91 Å². The molecule has 0 bridgehead atoms. The lowest BCUT2D eigenvalue weighted by molar-refractivity contribution is -0.124. The van der Waals surface area contributed by atoms with Crippen LogP contribution >= 0.6 is 0 Å². The van der Waals surface area contributed by atoms with E-state index in [1.807, 2.05) is 11.8 Å². The Morgan fingerprint density at radius 3 is 2.38 bits per heavy atom. The zero-order chi connectivity index (χ0) is 21.0. The first-order valence-electron chi connectivity index (χ1n) is 10.1. The molecule has 0 radical (unpaired) electrons. The van der Waals surface area contributed by atoms with Gasteiger partial charge < -0.3 is 10.5 Å². The third-order valence-electron chi connectivity index (χ3n) is 5.59.